The third-order valence-electron chi connectivity index (χ3n) is 4.33. The number of fused-ring (bicyclic) bond motifs is 1. The molecule has 28 heavy (non-hydrogen) atoms. The molecule has 0 aliphatic carbocycles. The third kappa shape index (κ3) is 3.54. The summed E-state index contributed by atoms with van der Waals surface area (Å²) in [5.74, 6) is 0. The van der Waals surface area contributed by atoms with E-state index in [1.54, 1.807) is 6.07 Å². The Bertz CT molecular complexity index is 999. The SMILES string of the molecule is CCc1c(C(F)(F)F)nc2c(C(F)(F)F)cccc2c1C(O)c1ccccn1. The topological polar surface area (TPSA) is 46.0 Å². The van der Waals surface area contributed by atoms with Crippen LogP contribution in [-0.2, 0) is 18.8 Å². The van der Waals surface area contributed by atoms with Gasteiger partial charge in [-0.3, -0.25) is 4.98 Å². The van der Waals surface area contributed by atoms with Crippen LogP contribution in [0.4, 0.5) is 26.3 Å². The number of pyridine rings is 2. The highest BCUT2D eigenvalue weighted by molar-refractivity contribution is 5.87. The molecular formula is C19H14F6N2O. The first-order valence-corrected chi connectivity index (χ1v) is 8.24. The van der Waals surface area contributed by atoms with Crippen LogP contribution in [0.1, 0.15) is 41.1 Å². The summed E-state index contributed by atoms with van der Waals surface area (Å²) in [5.41, 5.74) is -4.21. The predicted octanol–water partition coefficient (Wildman–Crippen LogP) is 5.31. The molecule has 2 aromatic heterocycles. The summed E-state index contributed by atoms with van der Waals surface area (Å²) in [6.45, 7) is 1.42. The quantitative estimate of drug-likeness (QED) is 0.606. The lowest BCUT2D eigenvalue weighted by Crippen LogP contribution is -2.18. The zero-order valence-corrected chi connectivity index (χ0v) is 14.4. The first kappa shape index (κ1) is 20.1. The predicted molar refractivity (Wildman–Crippen MR) is 89.4 cm³/mol. The van der Waals surface area contributed by atoms with E-state index in [-0.39, 0.29) is 28.6 Å². The van der Waals surface area contributed by atoms with E-state index in [1.165, 1.54) is 31.3 Å². The standard InChI is InChI=1S/C19H14F6N2O/c1-2-10-14(16(28)13-8-3-4-9-26-13)11-6-5-7-12(18(20,21)22)15(11)27-17(10)19(23,24)25/h3-9,16,28H,2H2,1H3. The molecule has 0 saturated carbocycles. The lowest BCUT2D eigenvalue weighted by atomic mass is 9.91. The third-order valence-corrected chi connectivity index (χ3v) is 4.33. The minimum Gasteiger partial charge on any atom is -0.382 e. The normalized spacial score (nSPS) is 13.7. The molecule has 0 amide bonds. The highest BCUT2D eigenvalue weighted by atomic mass is 19.4. The van der Waals surface area contributed by atoms with Crippen LogP contribution in [0.5, 0.6) is 0 Å². The van der Waals surface area contributed by atoms with Crippen LogP contribution in [0.15, 0.2) is 42.6 Å². The minimum atomic E-state index is -4.99. The van der Waals surface area contributed by atoms with Crippen LogP contribution >= 0.6 is 0 Å². The molecule has 0 aliphatic heterocycles. The molecule has 1 atom stereocenters. The van der Waals surface area contributed by atoms with Gasteiger partial charge in [-0.1, -0.05) is 25.1 Å². The van der Waals surface area contributed by atoms with Crippen LogP contribution < -0.4 is 0 Å². The van der Waals surface area contributed by atoms with E-state index < -0.39 is 35.2 Å². The Morgan fingerprint density at radius 2 is 1.68 bits per heavy atom. The van der Waals surface area contributed by atoms with E-state index in [2.05, 4.69) is 9.97 Å². The number of nitrogens with zero attached hydrogens (tertiary/aromatic N) is 2. The van der Waals surface area contributed by atoms with Gasteiger partial charge in [0, 0.05) is 17.1 Å². The molecule has 148 valence electrons. The molecule has 1 aromatic carbocycles. The van der Waals surface area contributed by atoms with Crippen molar-refractivity contribution in [1.29, 1.82) is 0 Å². The van der Waals surface area contributed by atoms with E-state index in [4.69, 9.17) is 0 Å². The van der Waals surface area contributed by atoms with Crippen molar-refractivity contribution in [2.24, 2.45) is 0 Å². The fourth-order valence-electron chi connectivity index (χ4n) is 3.17. The van der Waals surface area contributed by atoms with E-state index in [9.17, 15) is 31.4 Å². The van der Waals surface area contributed by atoms with Gasteiger partial charge in [0.25, 0.3) is 0 Å². The lowest BCUT2D eigenvalue weighted by Gasteiger charge is -2.22. The molecule has 0 radical (unpaired) electrons. The summed E-state index contributed by atoms with van der Waals surface area (Å²) in [6, 6.07) is 7.42. The molecular weight excluding hydrogens is 386 g/mol. The molecule has 0 saturated heterocycles. The van der Waals surface area contributed by atoms with Gasteiger partial charge in [-0.25, -0.2) is 4.98 Å². The van der Waals surface area contributed by atoms with Crippen molar-refractivity contribution in [3.8, 4) is 0 Å². The average molecular weight is 400 g/mol. The number of aromatic nitrogens is 2. The summed E-state index contributed by atoms with van der Waals surface area (Å²) < 4.78 is 81.0. The van der Waals surface area contributed by atoms with Crippen molar-refractivity contribution in [1.82, 2.24) is 9.97 Å². The number of alkyl halides is 6. The second-order valence-corrected chi connectivity index (χ2v) is 6.06. The summed E-state index contributed by atoms with van der Waals surface area (Å²) in [7, 11) is 0. The van der Waals surface area contributed by atoms with Gasteiger partial charge in [0.2, 0.25) is 0 Å². The molecule has 0 fully saturated rings. The highest BCUT2D eigenvalue weighted by Crippen LogP contribution is 2.42. The first-order valence-electron chi connectivity index (χ1n) is 8.24. The Morgan fingerprint density at radius 3 is 2.21 bits per heavy atom. The van der Waals surface area contributed by atoms with Crippen LogP contribution in [0, 0.1) is 0 Å². The molecule has 3 aromatic rings. The molecule has 1 N–H and O–H groups in total. The number of rotatable bonds is 3. The van der Waals surface area contributed by atoms with Gasteiger partial charge in [-0.15, -0.1) is 0 Å². The Labute approximate surface area is 155 Å². The monoisotopic (exact) mass is 400 g/mol. The summed E-state index contributed by atoms with van der Waals surface area (Å²) in [4.78, 5) is 7.27. The second-order valence-electron chi connectivity index (χ2n) is 6.06. The average Bonchev–Trinajstić information content (AvgIpc) is 2.64. The molecule has 3 nitrogen and oxygen atoms in total. The maximum atomic E-state index is 13.6. The number of hydrogen-bond acceptors (Lipinski definition) is 3. The Kier molecular flexibility index (Phi) is 5.05. The van der Waals surface area contributed by atoms with E-state index in [0.717, 1.165) is 6.07 Å². The Morgan fingerprint density at radius 1 is 0.964 bits per heavy atom. The molecule has 3 rings (SSSR count). The van der Waals surface area contributed by atoms with E-state index >= 15 is 0 Å². The molecule has 1 unspecified atom stereocenters. The number of benzene rings is 1. The van der Waals surface area contributed by atoms with Gasteiger partial charge in [0.05, 0.1) is 16.8 Å². The lowest BCUT2D eigenvalue weighted by molar-refractivity contribution is -0.142. The molecule has 0 aliphatic rings. The number of para-hydroxylation sites is 1. The number of aliphatic hydroxyl groups is 1. The largest absolute Gasteiger partial charge is 0.433 e. The first-order chi connectivity index (χ1) is 13.1. The Hall–Kier alpha value is -2.68. The molecule has 0 spiro atoms. The number of hydrogen-bond donors (Lipinski definition) is 1. The van der Waals surface area contributed by atoms with Crippen LogP contribution in [-0.4, -0.2) is 15.1 Å². The zero-order chi connectivity index (χ0) is 20.7. The van der Waals surface area contributed by atoms with Crippen molar-refractivity contribution < 1.29 is 31.4 Å². The fourth-order valence-corrected chi connectivity index (χ4v) is 3.17. The second kappa shape index (κ2) is 7.05. The van der Waals surface area contributed by atoms with Crippen LogP contribution in [0.2, 0.25) is 0 Å². The number of aliphatic hydroxyl groups excluding tert-OH is 1. The van der Waals surface area contributed by atoms with Crippen molar-refractivity contribution in [2.45, 2.75) is 31.8 Å². The van der Waals surface area contributed by atoms with Crippen molar-refractivity contribution in [2.75, 3.05) is 0 Å². The van der Waals surface area contributed by atoms with Crippen molar-refractivity contribution in [3.63, 3.8) is 0 Å². The highest BCUT2D eigenvalue weighted by Gasteiger charge is 2.40. The fraction of sp³-hybridized carbons (Fsp3) is 0.263. The number of halogens is 6. The maximum absolute atomic E-state index is 13.6. The molecule has 2 heterocycles. The molecule has 9 heteroatoms. The van der Waals surface area contributed by atoms with Gasteiger partial charge in [-0.05, 0) is 30.2 Å². The van der Waals surface area contributed by atoms with Crippen molar-refractivity contribution >= 4 is 10.9 Å². The summed E-state index contributed by atoms with van der Waals surface area (Å²) >= 11 is 0. The van der Waals surface area contributed by atoms with Crippen LogP contribution in [0.3, 0.4) is 0 Å². The van der Waals surface area contributed by atoms with E-state index in [1.807, 2.05) is 0 Å². The Balaban J connectivity index is 2.46. The van der Waals surface area contributed by atoms with E-state index in [0.29, 0.717) is 6.07 Å². The van der Waals surface area contributed by atoms with Gasteiger partial charge >= 0.3 is 12.4 Å². The van der Waals surface area contributed by atoms with Gasteiger partial charge in [0.1, 0.15) is 11.8 Å². The summed E-state index contributed by atoms with van der Waals surface area (Å²) in [5, 5.41) is 10.6. The van der Waals surface area contributed by atoms with Crippen LogP contribution in [0.25, 0.3) is 10.9 Å². The van der Waals surface area contributed by atoms with Gasteiger partial charge < -0.3 is 5.11 Å². The molecule has 0 bridgehead atoms. The van der Waals surface area contributed by atoms with Crippen molar-refractivity contribution in [3.05, 3.63) is 70.7 Å². The van der Waals surface area contributed by atoms with Gasteiger partial charge in [0.15, 0.2) is 0 Å². The minimum absolute atomic E-state index is 0.0234. The van der Waals surface area contributed by atoms with Gasteiger partial charge in [-0.2, -0.15) is 26.3 Å². The smallest absolute Gasteiger partial charge is 0.382 e. The summed E-state index contributed by atoms with van der Waals surface area (Å²) in [6.07, 6.45) is -10.4. The maximum Gasteiger partial charge on any atom is 0.433 e. The zero-order valence-electron chi connectivity index (χ0n) is 14.4.